The largest absolute Gasteiger partial charge is 0.449 e. The molecule has 146 valence electrons. The van der Waals surface area contributed by atoms with Gasteiger partial charge in [-0.05, 0) is 32.9 Å². The number of anilines is 1. The van der Waals surface area contributed by atoms with Crippen LogP contribution in [0.3, 0.4) is 0 Å². The molecule has 1 atom stereocenters. The topological polar surface area (TPSA) is 107 Å². The second kappa shape index (κ2) is 7.91. The van der Waals surface area contributed by atoms with Crippen LogP contribution in [0.1, 0.15) is 35.6 Å². The van der Waals surface area contributed by atoms with Gasteiger partial charge in [0.2, 0.25) is 0 Å². The first-order valence-electron chi connectivity index (χ1n) is 8.42. The lowest BCUT2D eigenvalue weighted by atomic mass is 10.2. The molecule has 0 spiro atoms. The Morgan fingerprint density at radius 2 is 1.89 bits per heavy atom. The van der Waals surface area contributed by atoms with Gasteiger partial charge in [0.25, 0.3) is 5.91 Å². The summed E-state index contributed by atoms with van der Waals surface area (Å²) in [7, 11) is -1.84. The zero-order valence-corrected chi connectivity index (χ0v) is 16.8. The predicted molar refractivity (Wildman–Crippen MR) is 100 cm³/mol. The maximum atomic E-state index is 12.5. The van der Waals surface area contributed by atoms with Gasteiger partial charge in [-0.25, -0.2) is 13.2 Å². The van der Waals surface area contributed by atoms with E-state index < -0.39 is 27.8 Å². The second-order valence-corrected chi connectivity index (χ2v) is 8.35. The molecule has 0 saturated heterocycles. The van der Waals surface area contributed by atoms with Crippen molar-refractivity contribution in [3.05, 3.63) is 41.2 Å². The number of nitrogens with one attached hydrogen (secondary N) is 1. The minimum absolute atomic E-state index is 0.0901. The average molecular weight is 393 g/mol. The Balaban J connectivity index is 2.18. The number of hydrogen-bond acceptors (Lipinski definition) is 6. The van der Waals surface area contributed by atoms with E-state index in [1.165, 1.54) is 32.0 Å². The molecule has 0 unspecified atom stereocenters. The van der Waals surface area contributed by atoms with Crippen LogP contribution in [0.4, 0.5) is 5.69 Å². The molecule has 0 aliphatic rings. The molecule has 2 aromatic rings. The van der Waals surface area contributed by atoms with Crippen LogP contribution in [0.5, 0.6) is 0 Å². The molecule has 8 nitrogen and oxygen atoms in total. The first kappa shape index (κ1) is 20.6. The molecule has 1 amide bonds. The van der Waals surface area contributed by atoms with E-state index >= 15 is 0 Å². The number of hydrogen-bond donors (Lipinski definition) is 1. The van der Waals surface area contributed by atoms with Crippen molar-refractivity contribution >= 4 is 27.4 Å². The number of aryl methyl sites for hydroxylation is 2. The smallest absolute Gasteiger partial charge is 0.340 e. The van der Waals surface area contributed by atoms with Crippen LogP contribution in [0.25, 0.3) is 0 Å². The molecule has 0 aliphatic heterocycles. The molecule has 2 rings (SSSR count). The number of esters is 1. The molecule has 1 heterocycles. The summed E-state index contributed by atoms with van der Waals surface area (Å²) < 4.78 is 31.2. The number of carbonyl (C=O) groups is 2. The molecule has 1 aromatic heterocycles. The summed E-state index contributed by atoms with van der Waals surface area (Å²) in [5, 5.41) is 6.90. The van der Waals surface area contributed by atoms with Crippen molar-refractivity contribution in [3.63, 3.8) is 0 Å². The van der Waals surface area contributed by atoms with Gasteiger partial charge in [0.15, 0.2) is 15.9 Å². The fourth-order valence-electron chi connectivity index (χ4n) is 2.52. The highest BCUT2D eigenvalue weighted by Crippen LogP contribution is 2.20. The Labute approximate surface area is 158 Å². The molecule has 1 N–H and O–H groups in total. The first-order chi connectivity index (χ1) is 12.6. The summed E-state index contributed by atoms with van der Waals surface area (Å²) >= 11 is 0. The van der Waals surface area contributed by atoms with Gasteiger partial charge in [0, 0.05) is 7.05 Å². The van der Waals surface area contributed by atoms with E-state index in [-0.39, 0.29) is 16.2 Å². The molecule has 0 bridgehead atoms. The van der Waals surface area contributed by atoms with Crippen LogP contribution in [0, 0.1) is 13.8 Å². The van der Waals surface area contributed by atoms with Crippen molar-refractivity contribution in [2.45, 2.75) is 38.7 Å². The number of ether oxygens (including phenoxy) is 1. The number of amides is 1. The Morgan fingerprint density at radius 3 is 2.44 bits per heavy atom. The summed E-state index contributed by atoms with van der Waals surface area (Å²) in [5.74, 6) is -1.55. The van der Waals surface area contributed by atoms with Gasteiger partial charge in [-0.3, -0.25) is 9.48 Å². The van der Waals surface area contributed by atoms with E-state index in [1.807, 2.05) is 0 Å². The van der Waals surface area contributed by atoms with Crippen LogP contribution in [-0.2, 0) is 26.4 Å². The highest BCUT2D eigenvalue weighted by atomic mass is 32.2. The third kappa shape index (κ3) is 4.36. The summed E-state index contributed by atoms with van der Waals surface area (Å²) in [6, 6.07) is 5.79. The lowest BCUT2D eigenvalue weighted by Crippen LogP contribution is -2.30. The van der Waals surface area contributed by atoms with Crippen LogP contribution >= 0.6 is 0 Å². The van der Waals surface area contributed by atoms with Crippen molar-refractivity contribution in [1.29, 1.82) is 0 Å². The Bertz CT molecular complexity index is 979. The van der Waals surface area contributed by atoms with E-state index in [9.17, 15) is 18.0 Å². The maximum absolute atomic E-state index is 12.5. The number of sulfone groups is 1. The van der Waals surface area contributed by atoms with Crippen LogP contribution < -0.4 is 5.32 Å². The SMILES string of the molecule is CCS(=O)(=O)c1ccccc1C(=O)O[C@@H](C)C(=O)Nc1c(C)nn(C)c1C. The van der Waals surface area contributed by atoms with Gasteiger partial charge in [-0.15, -0.1) is 0 Å². The van der Waals surface area contributed by atoms with Crippen LogP contribution in [-0.4, -0.2) is 41.9 Å². The summed E-state index contributed by atoms with van der Waals surface area (Å²) in [5.41, 5.74) is 1.87. The molecule has 27 heavy (non-hydrogen) atoms. The van der Waals surface area contributed by atoms with E-state index in [2.05, 4.69) is 10.4 Å². The standard InChI is InChI=1S/C18H23N3O5S/c1-6-27(24,25)15-10-8-7-9-14(15)18(23)26-13(4)17(22)19-16-11(2)20-21(5)12(16)3/h7-10,13H,6H2,1-5H3,(H,19,22)/t13-/m0/s1. The number of aromatic nitrogens is 2. The lowest BCUT2D eigenvalue weighted by molar-refractivity contribution is -0.123. The van der Waals surface area contributed by atoms with Crippen molar-refractivity contribution in [3.8, 4) is 0 Å². The minimum Gasteiger partial charge on any atom is -0.449 e. The minimum atomic E-state index is -3.60. The van der Waals surface area contributed by atoms with Crippen LogP contribution in [0.2, 0.25) is 0 Å². The molecule has 0 saturated carbocycles. The van der Waals surface area contributed by atoms with Crippen molar-refractivity contribution in [2.24, 2.45) is 7.05 Å². The lowest BCUT2D eigenvalue weighted by Gasteiger charge is -2.15. The number of nitrogens with zero attached hydrogens (tertiary/aromatic N) is 2. The monoisotopic (exact) mass is 393 g/mol. The summed E-state index contributed by atoms with van der Waals surface area (Å²) in [4.78, 5) is 24.7. The maximum Gasteiger partial charge on any atom is 0.340 e. The van der Waals surface area contributed by atoms with Crippen molar-refractivity contribution < 1.29 is 22.7 Å². The normalized spacial score (nSPS) is 12.5. The van der Waals surface area contributed by atoms with E-state index in [1.54, 1.807) is 31.6 Å². The number of carbonyl (C=O) groups excluding carboxylic acids is 2. The van der Waals surface area contributed by atoms with Gasteiger partial charge in [0.1, 0.15) is 0 Å². The van der Waals surface area contributed by atoms with E-state index in [0.717, 1.165) is 5.69 Å². The van der Waals surface area contributed by atoms with Crippen LogP contribution in [0.15, 0.2) is 29.2 Å². The van der Waals surface area contributed by atoms with Gasteiger partial charge in [-0.2, -0.15) is 5.10 Å². The van der Waals surface area contributed by atoms with Gasteiger partial charge < -0.3 is 10.1 Å². The molecule has 0 aliphatic carbocycles. The van der Waals surface area contributed by atoms with Gasteiger partial charge in [0.05, 0.1) is 33.3 Å². The molecule has 0 fully saturated rings. The highest BCUT2D eigenvalue weighted by molar-refractivity contribution is 7.91. The van der Waals surface area contributed by atoms with Gasteiger partial charge in [-0.1, -0.05) is 19.1 Å². The Kier molecular flexibility index (Phi) is 6.04. The van der Waals surface area contributed by atoms with Gasteiger partial charge >= 0.3 is 5.97 Å². The highest BCUT2D eigenvalue weighted by Gasteiger charge is 2.25. The average Bonchev–Trinajstić information content (AvgIpc) is 2.87. The Hall–Kier alpha value is -2.68. The molecule has 1 aromatic carbocycles. The fraction of sp³-hybridized carbons (Fsp3) is 0.389. The molecular weight excluding hydrogens is 370 g/mol. The zero-order chi connectivity index (χ0) is 20.4. The molecule has 9 heteroatoms. The summed E-state index contributed by atoms with van der Waals surface area (Å²) in [6.45, 7) is 6.47. The van der Waals surface area contributed by atoms with Crippen molar-refractivity contribution in [1.82, 2.24) is 9.78 Å². The fourth-order valence-corrected chi connectivity index (χ4v) is 3.60. The van der Waals surface area contributed by atoms with Crippen molar-refractivity contribution in [2.75, 3.05) is 11.1 Å². The van der Waals surface area contributed by atoms with E-state index in [0.29, 0.717) is 11.4 Å². The number of benzene rings is 1. The van der Waals surface area contributed by atoms with E-state index in [4.69, 9.17) is 4.74 Å². The molecular formula is C18H23N3O5S. The predicted octanol–water partition coefficient (Wildman–Crippen LogP) is 2.01. The summed E-state index contributed by atoms with van der Waals surface area (Å²) in [6.07, 6.45) is -1.12. The third-order valence-electron chi connectivity index (χ3n) is 4.23. The molecule has 0 radical (unpaired) electrons. The Morgan fingerprint density at radius 1 is 1.26 bits per heavy atom. The zero-order valence-electron chi connectivity index (χ0n) is 15.9. The first-order valence-corrected chi connectivity index (χ1v) is 10.1. The number of rotatable bonds is 6. The third-order valence-corrected chi connectivity index (χ3v) is 6.02. The quantitative estimate of drug-likeness (QED) is 0.753. The second-order valence-electron chi connectivity index (χ2n) is 6.11.